The minimum atomic E-state index is -1.00. The maximum atomic E-state index is 13.4. The van der Waals surface area contributed by atoms with Crippen LogP contribution < -0.4 is 4.74 Å². The number of hydrogen-bond acceptors (Lipinski definition) is 6. The minimum Gasteiger partial charge on any atom is -0.478 e. The van der Waals surface area contributed by atoms with Crippen molar-refractivity contribution in [2.24, 2.45) is 0 Å². The predicted octanol–water partition coefficient (Wildman–Crippen LogP) is 3.40. The van der Waals surface area contributed by atoms with Crippen molar-refractivity contribution in [3.63, 3.8) is 0 Å². The molecule has 3 aromatic rings. The number of aromatic amines is 1. The summed E-state index contributed by atoms with van der Waals surface area (Å²) < 4.78 is 6.11. The van der Waals surface area contributed by atoms with Gasteiger partial charge in [-0.2, -0.15) is 5.10 Å². The fraction of sp³-hybridized carbons (Fsp3) is 0.409. The zero-order chi connectivity index (χ0) is 21.3. The smallest absolute Gasteiger partial charge is 0.266 e. The first-order valence-electron chi connectivity index (χ1n) is 10.1. The van der Waals surface area contributed by atoms with Gasteiger partial charge in [0.25, 0.3) is 5.91 Å². The molecule has 8 nitrogen and oxygen atoms in total. The van der Waals surface area contributed by atoms with Crippen molar-refractivity contribution >= 4 is 5.91 Å². The molecule has 0 radical (unpaired) electrons. The Morgan fingerprint density at radius 3 is 2.80 bits per heavy atom. The summed E-state index contributed by atoms with van der Waals surface area (Å²) in [6.07, 6.45) is 6.54. The van der Waals surface area contributed by atoms with Crippen LogP contribution >= 0.6 is 0 Å². The van der Waals surface area contributed by atoms with Gasteiger partial charge in [-0.3, -0.25) is 14.9 Å². The molecule has 8 heteroatoms. The molecular weight excluding hydrogens is 380 g/mol. The summed E-state index contributed by atoms with van der Waals surface area (Å²) in [6, 6.07) is 5.71. The van der Waals surface area contributed by atoms with E-state index in [9.17, 15) is 4.79 Å². The molecule has 1 aliphatic heterocycles. The van der Waals surface area contributed by atoms with Crippen molar-refractivity contribution < 1.29 is 9.53 Å². The predicted molar refractivity (Wildman–Crippen MR) is 112 cm³/mol. The largest absolute Gasteiger partial charge is 0.478 e. The van der Waals surface area contributed by atoms with E-state index in [2.05, 4.69) is 32.1 Å². The Balaban J connectivity index is 1.53. The van der Waals surface area contributed by atoms with E-state index in [1.165, 1.54) is 5.56 Å². The average Bonchev–Trinajstić information content (AvgIpc) is 3.40. The van der Waals surface area contributed by atoms with Gasteiger partial charge in [0.05, 0.1) is 12.2 Å². The first kappa shape index (κ1) is 20.0. The molecule has 1 aromatic carbocycles. The Morgan fingerprint density at radius 2 is 2.07 bits per heavy atom. The lowest BCUT2D eigenvalue weighted by Crippen LogP contribution is -2.48. The quantitative estimate of drug-likeness (QED) is 0.697. The summed E-state index contributed by atoms with van der Waals surface area (Å²) in [5.41, 5.74) is 1.91. The molecule has 156 valence electrons. The van der Waals surface area contributed by atoms with Crippen LogP contribution in [0.2, 0.25) is 0 Å². The van der Waals surface area contributed by atoms with Gasteiger partial charge < -0.3 is 9.64 Å². The zero-order valence-corrected chi connectivity index (χ0v) is 17.7. The Labute approximate surface area is 175 Å². The van der Waals surface area contributed by atoms with E-state index in [0.717, 1.165) is 18.4 Å². The second-order valence-electron chi connectivity index (χ2n) is 8.15. The Bertz CT molecular complexity index is 1050. The lowest BCUT2D eigenvalue weighted by atomic mass is 10.1. The van der Waals surface area contributed by atoms with Crippen LogP contribution in [0, 0.1) is 13.8 Å². The van der Waals surface area contributed by atoms with Crippen molar-refractivity contribution in [1.29, 1.82) is 0 Å². The number of amides is 1. The maximum absolute atomic E-state index is 13.4. The van der Waals surface area contributed by atoms with E-state index < -0.39 is 5.60 Å². The summed E-state index contributed by atoms with van der Waals surface area (Å²) in [4.78, 5) is 28.1. The van der Waals surface area contributed by atoms with Gasteiger partial charge in [-0.25, -0.2) is 9.97 Å². The van der Waals surface area contributed by atoms with Gasteiger partial charge in [-0.05, 0) is 63.8 Å². The van der Waals surface area contributed by atoms with Crippen molar-refractivity contribution in [1.82, 2.24) is 30.0 Å². The number of H-pyrrole nitrogens is 1. The topological polar surface area (TPSA) is 96.9 Å². The van der Waals surface area contributed by atoms with Gasteiger partial charge in [-0.15, -0.1) is 0 Å². The highest BCUT2D eigenvalue weighted by molar-refractivity contribution is 5.85. The molecule has 0 aliphatic carbocycles. The van der Waals surface area contributed by atoms with E-state index in [0.29, 0.717) is 29.6 Å². The van der Waals surface area contributed by atoms with Crippen LogP contribution in [0.3, 0.4) is 0 Å². The standard InChI is InChI=1S/C22H26N6O2/c1-14-7-8-16(12-15(14)2)30-22(3,4)21(29)28-11-5-6-18(28)20-25-19(26-27-20)17-13-23-9-10-24-17/h7-10,12-13,18H,5-6,11H2,1-4H3,(H,25,26,27). The molecule has 1 atom stereocenters. The van der Waals surface area contributed by atoms with Crippen molar-refractivity contribution in [3.05, 3.63) is 53.7 Å². The SMILES string of the molecule is Cc1ccc(OC(C)(C)C(=O)N2CCCC2c2nc(-c3cnccn3)n[nH]2)cc1C. The first-order valence-corrected chi connectivity index (χ1v) is 10.1. The molecule has 4 rings (SSSR count). The van der Waals surface area contributed by atoms with Crippen LogP contribution in [-0.2, 0) is 4.79 Å². The van der Waals surface area contributed by atoms with Crippen molar-refractivity contribution in [2.75, 3.05) is 6.54 Å². The number of rotatable bonds is 5. The third kappa shape index (κ3) is 3.90. The summed E-state index contributed by atoms with van der Waals surface area (Å²) in [5, 5.41) is 7.25. The molecule has 2 aromatic heterocycles. The molecule has 3 heterocycles. The van der Waals surface area contributed by atoms with Crippen LogP contribution in [-0.4, -0.2) is 48.1 Å². The van der Waals surface area contributed by atoms with E-state index in [1.54, 1.807) is 18.6 Å². The Kier molecular flexibility index (Phi) is 5.24. The van der Waals surface area contributed by atoms with Crippen LogP contribution in [0.4, 0.5) is 0 Å². The van der Waals surface area contributed by atoms with Crippen LogP contribution in [0.1, 0.15) is 49.7 Å². The zero-order valence-electron chi connectivity index (χ0n) is 17.7. The van der Waals surface area contributed by atoms with E-state index in [1.807, 2.05) is 43.9 Å². The van der Waals surface area contributed by atoms with Crippen LogP contribution in [0.25, 0.3) is 11.5 Å². The number of benzene rings is 1. The normalized spacial score (nSPS) is 16.7. The molecule has 1 fully saturated rings. The molecule has 0 spiro atoms. The number of aromatic nitrogens is 5. The summed E-state index contributed by atoms with van der Waals surface area (Å²) in [6.45, 7) is 8.37. The monoisotopic (exact) mass is 406 g/mol. The number of nitrogens with one attached hydrogen (secondary N) is 1. The summed E-state index contributed by atoms with van der Waals surface area (Å²) in [5.74, 6) is 1.75. The van der Waals surface area contributed by atoms with Gasteiger partial charge in [0, 0.05) is 18.9 Å². The second kappa shape index (κ2) is 7.85. The van der Waals surface area contributed by atoms with Gasteiger partial charge >= 0.3 is 0 Å². The number of nitrogens with zero attached hydrogens (tertiary/aromatic N) is 5. The van der Waals surface area contributed by atoms with E-state index in [-0.39, 0.29) is 11.9 Å². The van der Waals surface area contributed by atoms with E-state index in [4.69, 9.17) is 4.74 Å². The van der Waals surface area contributed by atoms with E-state index >= 15 is 0 Å². The highest BCUT2D eigenvalue weighted by atomic mass is 16.5. The summed E-state index contributed by atoms with van der Waals surface area (Å²) >= 11 is 0. The first-order chi connectivity index (χ1) is 14.3. The molecule has 1 amide bonds. The van der Waals surface area contributed by atoms with Gasteiger partial charge in [0.1, 0.15) is 17.3 Å². The molecule has 1 aliphatic rings. The molecule has 30 heavy (non-hydrogen) atoms. The van der Waals surface area contributed by atoms with Gasteiger partial charge in [-0.1, -0.05) is 6.07 Å². The summed E-state index contributed by atoms with van der Waals surface area (Å²) in [7, 11) is 0. The average molecular weight is 406 g/mol. The van der Waals surface area contributed by atoms with Crippen molar-refractivity contribution in [2.45, 2.75) is 52.2 Å². The molecule has 1 N–H and O–H groups in total. The maximum Gasteiger partial charge on any atom is 0.266 e. The molecule has 1 unspecified atom stereocenters. The third-order valence-corrected chi connectivity index (χ3v) is 5.49. The van der Waals surface area contributed by atoms with Crippen molar-refractivity contribution in [3.8, 4) is 17.3 Å². The number of likely N-dealkylation sites (tertiary alicyclic amines) is 1. The van der Waals surface area contributed by atoms with Gasteiger partial charge in [0.15, 0.2) is 5.60 Å². The van der Waals surface area contributed by atoms with Crippen LogP contribution in [0.15, 0.2) is 36.8 Å². The molecule has 1 saturated heterocycles. The highest BCUT2D eigenvalue weighted by Gasteiger charge is 2.41. The highest BCUT2D eigenvalue weighted by Crippen LogP contribution is 2.33. The third-order valence-electron chi connectivity index (χ3n) is 5.49. The molecule has 0 bridgehead atoms. The lowest BCUT2D eigenvalue weighted by Gasteiger charge is -2.32. The lowest BCUT2D eigenvalue weighted by molar-refractivity contribution is -0.146. The molecular formula is C22H26N6O2. The number of aryl methyl sites for hydroxylation is 2. The fourth-order valence-corrected chi connectivity index (χ4v) is 3.71. The number of carbonyl (C=O) groups excluding carboxylic acids is 1. The second-order valence-corrected chi connectivity index (χ2v) is 8.15. The Hall–Kier alpha value is -3.29. The fourth-order valence-electron chi connectivity index (χ4n) is 3.71. The Morgan fingerprint density at radius 1 is 1.23 bits per heavy atom. The van der Waals surface area contributed by atoms with Gasteiger partial charge in [0.2, 0.25) is 5.82 Å². The minimum absolute atomic E-state index is 0.0688. The number of carbonyl (C=O) groups is 1. The number of hydrogen-bond donors (Lipinski definition) is 1. The van der Waals surface area contributed by atoms with Crippen LogP contribution in [0.5, 0.6) is 5.75 Å². The molecule has 0 saturated carbocycles. The number of ether oxygens (including phenoxy) is 1.